The number of amides is 1. The van der Waals surface area contributed by atoms with Gasteiger partial charge in [0, 0.05) is 24.6 Å². The minimum absolute atomic E-state index is 0.473. The zero-order valence-electron chi connectivity index (χ0n) is 7.50. The molecule has 0 atom stereocenters. The standard InChI is InChI=1S/C7H15N2O2S/c1-9(2)4-6-12-5-3-8-7(10)11/h8H,3-6H2,1-2H3. The normalized spacial score (nSPS) is 10.2. The van der Waals surface area contributed by atoms with E-state index in [0.717, 1.165) is 18.1 Å². The molecule has 0 unspecified atom stereocenters. The summed E-state index contributed by atoms with van der Waals surface area (Å²) in [5, 5.41) is 12.1. The molecule has 1 amide bonds. The summed E-state index contributed by atoms with van der Waals surface area (Å²) in [6, 6.07) is 0. The number of thioether (sulfide) groups is 1. The average Bonchev–Trinajstić information content (AvgIpc) is 1.95. The fraction of sp³-hybridized carbons (Fsp3) is 0.857. The Hall–Kier alpha value is -0.420. The summed E-state index contributed by atoms with van der Waals surface area (Å²) >= 11 is 1.73. The van der Waals surface area contributed by atoms with Gasteiger partial charge in [-0.15, -0.1) is 0 Å². The first-order chi connectivity index (χ1) is 5.63. The van der Waals surface area contributed by atoms with Gasteiger partial charge in [-0.25, -0.2) is 9.90 Å². The SMILES string of the molecule is CN(C)CCSCCNC([O])=O. The van der Waals surface area contributed by atoms with Gasteiger partial charge in [0.2, 0.25) is 0 Å². The van der Waals surface area contributed by atoms with Crippen LogP contribution in [0.15, 0.2) is 0 Å². The molecule has 0 saturated heterocycles. The van der Waals surface area contributed by atoms with E-state index in [1.165, 1.54) is 0 Å². The highest BCUT2D eigenvalue weighted by Crippen LogP contribution is 1.97. The van der Waals surface area contributed by atoms with Gasteiger partial charge in [-0.1, -0.05) is 0 Å². The third-order valence-electron chi connectivity index (χ3n) is 1.20. The molecule has 0 aliphatic carbocycles. The molecule has 1 radical (unpaired) electrons. The quantitative estimate of drug-likeness (QED) is 0.619. The van der Waals surface area contributed by atoms with E-state index >= 15 is 0 Å². The van der Waals surface area contributed by atoms with Crippen LogP contribution in [-0.2, 0) is 5.11 Å². The summed E-state index contributed by atoms with van der Waals surface area (Å²) in [5.74, 6) is 1.84. The highest BCUT2D eigenvalue weighted by Gasteiger charge is 1.95. The molecule has 0 saturated carbocycles. The van der Waals surface area contributed by atoms with Crippen molar-refractivity contribution >= 4 is 17.9 Å². The first-order valence-electron chi connectivity index (χ1n) is 3.80. The number of carbonyl (C=O) groups is 1. The van der Waals surface area contributed by atoms with Crippen molar-refractivity contribution in [2.24, 2.45) is 0 Å². The maximum absolute atomic E-state index is 9.90. The van der Waals surface area contributed by atoms with Crippen LogP contribution in [0.25, 0.3) is 0 Å². The molecule has 0 fully saturated rings. The van der Waals surface area contributed by atoms with Gasteiger partial charge in [0.1, 0.15) is 0 Å². The molecule has 0 bridgehead atoms. The molecule has 0 aliphatic heterocycles. The number of hydrogen-bond donors (Lipinski definition) is 1. The van der Waals surface area contributed by atoms with Crippen LogP contribution in [0.5, 0.6) is 0 Å². The second kappa shape index (κ2) is 7.24. The van der Waals surface area contributed by atoms with Gasteiger partial charge in [-0.3, -0.25) is 0 Å². The van der Waals surface area contributed by atoms with Gasteiger partial charge in [-0.2, -0.15) is 11.8 Å². The average molecular weight is 191 g/mol. The van der Waals surface area contributed by atoms with Crippen LogP contribution in [-0.4, -0.2) is 49.7 Å². The third kappa shape index (κ3) is 9.58. The van der Waals surface area contributed by atoms with E-state index in [-0.39, 0.29) is 0 Å². The van der Waals surface area contributed by atoms with Gasteiger partial charge in [0.25, 0.3) is 0 Å². The summed E-state index contributed by atoms with van der Waals surface area (Å²) in [6.07, 6.45) is -1.19. The Morgan fingerprint density at radius 2 is 2.08 bits per heavy atom. The molecule has 0 aromatic rings. The molecule has 4 nitrogen and oxygen atoms in total. The molecule has 0 aromatic heterocycles. The Balaban J connectivity index is 2.96. The second-order valence-electron chi connectivity index (χ2n) is 2.63. The van der Waals surface area contributed by atoms with E-state index in [0.29, 0.717) is 6.54 Å². The molecule has 0 spiro atoms. The molecule has 0 aromatic carbocycles. The predicted molar refractivity (Wildman–Crippen MR) is 50.0 cm³/mol. The highest BCUT2D eigenvalue weighted by molar-refractivity contribution is 7.99. The fourth-order valence-corrected chi connectivity index (χ4v) is 1.52. The largest absolute Gasteiger partial charge is 0.450 e. The molecule has 0 aliphatic rings. The van der Waals surface area contributed by atoms with Gasteiger partial charge >= 0.3 is 6.09 Å². The Morgan fingerprint density at radius 3 is 2.58 bits per heavy atom. The minimum Gasteiger partial charge on any atom is -0.318 e. The predicted octanol–water partition coefficient (Wildman–Crippen LogP) is 0.421. The Morgan fingerprint density at radius 1 is 1.42 bits per heavy atom. The lowest BCUT2D eigenvalue weighted by atomic mass is 10.7. The topological polar surface area (TPSA) is 52.2 Å². The molecule has 71 valence electrons. The first-order valence-corrected chi connectivity index (χ1v) is 4.95. The van der Waals surface area contributed by atoms with Crippen LogP contribution in [0.2, 0.25) is 0 Å². The Bertz CT molecular complexity index is 131. The van der Waals surface area contributed by atoms with E-state index in [1.807, 2.05) is 14.1 Å². The van der Waals surface area contributed by atoms with E-state index in [1.54, 1.807) is 11.8 Å². The zero-order valence-corrected chi connectivity index (χ0v) is 8.32. The van der Waals surface area contributed by atoms with E-state index in [2.05, 4.69) is 10.2 Å². The lowest BCUT2D eigenvalue weighted by molar-refractivity contribution is 0.169. The van der Waals surface area contributed by atoms with E-state index < -0.39 is 6.09 Å². The minimum atomic E-state index is -1.19. The van der Waals surface area contributed by atoms with Crippen LogP contribution < -0.4 is 5.32 Å². The molecule has 5 heteroatoms. The van der Waals surface area contributed by atoms with Crippen molar-refractivity contribution < 1.29 is 9.90 Å². The molecule has 0 heterocycles. The smallest absolute Gasteiger partial charge is 0.318 e. The molecule has 1 N–H and O–H groups in total. The molecule has 0 rings (SSSR count). The van der Waals surface area contributed by atoms with Crippen molar-refractivity contribution in [1.29, 1.82) is 0 Å². The fourth-order valence-electron chi connectivity index (χ4n) is 0.574. The van der Waals surface area contributed by atoms with Gasteiger partial charge < -0.3 is 10.2 Å². The summed E-state index contributed by atoms with van der Waals surface area (Å²) in [7, 11) is 4.03. The van der Waals surface area contributed by atoms with Crippen molar-refractivity contribution in [3.63, 3.8) is 0 Å². The van der Waals surface area contributed by atoms with Crippen molar-refractivity contribution in [3.05, 3.63) is 0 Å². The van der Waals surface area contributed by atoms with Crippen molar-refractivity contribution in [2.45, 2.75) is 0 Å². The van der Waals surface area contributed by atoms with Crippen LogP contribution in [0.4, 0.5) is 4.79 Å². The van der Waals surface area contributed by atoms with Gasteiger partial charge in [-0.05, 0) is 14.1 Å². The maximum Gasteiger partial charge on any atom is 0.450 e. The lowest BCUT2D eigenvalue weighted by Crippen LogP contribution is -2.23. The van der Waals surface area contributed by atoms with Crippen LogP contribution >= 0.6 is 11.8 Å². The number of nitrogens with one attached hydrogen (secondary N) is 1. The Kier molecular flexibility index (Phi) is 6.99. The maximum atomic E-state index is 9.90. The summed E-state index contributed by atoms with van der Waals surface area (Å²) in [5.41, 5.74) is 0. The van der Waals surface area contributed by atoms with Gasteiger partial charge in [0.15, 0.2) is 0 Å². The van der Waals surface area contributed by atoms with Gasteiger partial charge in [0.05, 0.1) is 0 Å². The molecular formula is C7H15N2O2S. The summed E-state index contributed by atoms with van der Waals surface area (Å²) < 4.78 is 0. The van der Waals surface area contributed by atoms with Crippen molar-refractivity contribution in [1.82, 2.24) is 10.2 Å². The highest BCUT2D eigenvalue weighted by atomic mass is 32.2. The van der Waals surface area contributed by atoms with Crippen molar-refractivity contribution in [3.8, 4) is 0 Å². The third-order valence-corrected chi connectivity index (χ3v) is 2.16. The number of carbonyl (C=O) groups excluding carboxylic acids is 1. The lowest BCUT2D eigenvalue weighted by Gasteiger charge is -2.07. The van der Waals surface area contributed by atoms with Crippen LogP contribution in [0.3, 0.4) is 0 Å². The number of hydrogen-bond acceptors (Lipinski definition) is 3. The zero-order chi connectivity index (χ0) is 9.40. The molecule has 12 heavy (non-hydrogen) atoms. The number of nitrogens with zero attached hydrogens (tertiary/aromatic N) is 1. The van der Waals surface area contributed by atoms with Crippen LogP contribution in [0, 0.1) is 0 Å². The number of rotatable bonds is 6. The second-order valence-corrected chi connectivity index (χ2v) is 3.85. The van der Waals surface area contributed by atoms with E-state index in [9.17, 15) is 9.90 Å². The summed E-state index contributed by atoms with van der Waals surface area (Å²) in [4.78, 5) is 12.0. The van der Waals surface area contributed by atoms with E-state index in [4.69, 9.17) is 0 Å². The van der Waals surface area contributed by atoms with Crippen LogP contribution in [0.1, 0.15) is 0 Å². The molecular weight excluding hydrogens is 176 g/mol. The monoisotopic (exact) mass is 191 g/mol. The van der Waals surface area contributed by atoms with Crippen molar-refractivity contribution in [2.75, 3.05) is 38.7 Å². The first kappa shape index (κ1) is 11.6. The summed E-state index contributed by atoms with van der Waals surface area (Å²) in [6.45, 7) is 1.50. The Labute approximate surface area is 77.3 Å².